The van der Waals surface area contributed by atoms with E-state index in [0.29, 0.717) is 19.2 Å². The molecule has 1 aromatic carbocycles. The molecule has 4 nitrogen and oxygen atoms in total. The van der Waals surface area contributed by atoms with E-state index in [1.54, 1.807) is 6.20 Å². The molecule has 4 heteroatoms. The van der Waals surface area contributed by atoms with E-state index in [4.69, 9.17) is 10.5 Å². The number of rotatable bonds is 4. The summed E-state index contributed by atoms with van der Waals surface area (Å²) in [5.74, 6) is 0. The van der Waals surface area contributed by atoms with Gasteiger partial charge in [0.1, 0.15) is 0 Å². The standard InChI is InChI=1S/C11H13N3O/c12-6-3-7-15-11-13-8-9-4-1-2-5-10(9)14-11/h1-2,4-5,8H,3,6-7,12H2. The van der Waals surface area contributed by atoms with E-state index in [0.717, 1.165) is 17.3 Å². The molecular formula is C11H13N3O. The highest BCUT2D eigenvalue weighted by molar-refractivity contribution is 5.77. The minimum atomic E-state index is 0.419. The monoisotopic (exact) mass is 203 g/mol. The van der Waals surface area contributed by atoms with Crippen molar-refractivity contribution >= 4 is 10.9 Å². The highest BCUT2D eigenvalue weighted by atomic mass is 16.5. The summed E-state index contributed by atoms with van der Waals surface area (Å²) in [4.78, 5) is 8.38. The van der Waals surface area contributed by atoms with Gasteiger partial charge in [-0.3, -0.25) is 0 Å². The molecule has 15 heavy (non-hydrogen) atoms. The number of hydrogen-bond donors (Lipinski definition) is 1. The first kappa shape index (κ1) is 9.86. The van der Waals surface area contributed by atoms with Crippen LogP contribution in [0.1, 0.15) is 6.42 Å². The number of nitrogens with zero attached hydrogens (tertiary/aromatic N) is 2. The molecule has 0 aliphatic rings. The average Bonchev–Trinajstić information content (AvgIpc) is 2.29. The van der Waals surface area contributed by atoms with Gasteiger partial charge in [0.15, 0.2) is 0 Å². The fourth-order valence-corrected chi connectivity index (χ4v) is 1.27. The van der Waals surface area contributed by atoms with Gasteiger partial charge >= 0.3 is 6.01 Å². The van der Waals surface area contributed by atoms with Crippen LogP contribution in [0.2, 0.25) is 0 Å². The van der Waals surface area contributed by atoms with Gasteiger partial charge in [0.2, 0.25) is 0 Å². The van der Waals surface area contributed by atoms with Crippen LogP contribution >= 0.6 is 0 Å². The molecule has 1 aromatic heterocycles. The second-order valence-corrected chi connectivity index (χ2v) is 3.20. The first-order chi connectivity index (χ1) is 7.40. The average molecular weight is 203 g/mol. The van der Waals surface area contributed by atoms with Gasteiger partial charge in [-0.25, -0.2) is 4.98 Å². The first-order valence-electron chi connectivity index (χ1n) is 4.95. The zero-order valence-corrected chi connectivity index (χ0v) is 8.39. The first-order valence-corrected chi connectivity index (χ1v) is 4.95. The molecular weight excluding hydrogens is 190 g/mol. The van der Waals surface area contributed by atoms with Crippen molar-refractivity contribution in [2.24, 2.45) is 5.73 Å². The molecule has 0 unspecified atom stereocenters. The molecule has 0 aliphatic carbocycles. The Morgan fingerprint density at radius 1 is 1.27 bits per heavy atom. The lowest BCUT2D eigenvalue weighted by molar-refractivity contribution is 0.290. The van der Waals surface area contributed by atoms with Crippen LogP contribution in [0.15, 0.2) is 30.5 Å². The molecule has 2 rings (SSSR count). The van der Waals surface area contributed by atoms with Crippen LogP contribution in [0.4, 0.5) is 0 Å². The van der Waals surface area contributed by atoms with Crippen LogP contribution in [0, 0.1) is 0 Å². The lowest BCUT2D eigenvalue weighted by Crippen LogP contribution is -2.07. The highest BCUT2D eigenvalue weighted by Gasteiger charge is 1.99. The summed E-state index contributed by atoms with van der Waals surface area (Å²) in [5, 5.41) is 1.02. The molecule has 2 N–H and O–H groups in total. The summed E-state index contributed by atoms with van der Waals surface area (Å²) in [6, 6.07) is 8.23. The molecule has 2 aromatic rings. The second-order valence-electron chi connectivity index (χ2n) is 3.20. The quantitative estimate of drug-likeness (QED) is 0.762. The Kier molecular flexibility index (Phi) is 3.09. The third-order valence-corrected chi connectivity index (χ3v) is 2.05. The predicted octanol–water partition coefficient (Wildman–Crippen LogP) is 1.36. The van der Waals surface area contributed by atoms with E-state index < -0.39 is 0 Å². The minimum Gasteiger partial charge on any atom is -0.463 e. The van der Waals surface area contributed by atoms with Crippen LogP contribution in [0.25, 0.3) is 10.9 Å². The maximum Gasteiger partial charge on any atom is 0.316 e. The summed E-state index contributed by atoms with van der Waals surface area (Å²) in [7, 11) is 0. The molecule has 0 saturated heterocycles. The number of aromatic nitrogens is 2. The molecule has 78 valence electrons. The smallest absolute Gasteiger partial charge is 0.316 e. The van der Waals surface area contributed by atoms with E-state index in [-0.39, 0.29) is 0 Å². The fraction of sp³-hybridized carbons (Fsp3) is 0.273. The lowest BCUT2D eigenvalue weighted by atomic mass is 10.2. The zero-order valence-electron chi connectivity index (χ0n) is 8.39. The van der Waals surface area contributed by atoms with Crippen LogP contribution < -0.4 is 10.5 Å². The van der Waals surface area contributed by atoms with E-state index in [2.05, 4.69) is 9.97 Å². The van der Waals surface area contributed by atoms with Crippen LogP contribution in [0.3, 0.4) is 0 Å². The predicted molar refractivity (Wildman–Crippen MR) is 58.7 cm³/mol. The molecule has 0 amide bonds. The third kappa shape index (κ3) is 2.41. The van der Waals surface area contributed by atoms with Crippen molar-refractivity contribution in [1.29, 1.82) is 0 Å². The van der Waals surface area contributed by atoms with E-state index in [9.17, 15) is 0 Å². The van der Waals surface area contributed by atoms with Crippen LogP contribution in [-0.4, -0.2) is 23.1 Å². The van der Waals surface area contributed by atoms with Crippen LogP contribution in [0.5, 0.6) is 6.01 Å². The molecule has 0 spiro atoms. The van der Waals surface area contributed by atoms with Crippen LogP contribution in [-0.2, 0) is 0 Å². The van der Waals surface area contributed by atoms with Crippen molar-refractivity contribution in [3.05, 3.63) is 30.5 Å². The van der Waals surface area contributed by atoms with Gasteiger partial charge in [-0.05, 0) is 19.0 Å². The molecule has 0 atom stereocenters. The van der Waals surface area contributed by atoms with Gasteiger partial charge in [-0.1, -0.05) is 18.2 Å². The summed E-state index contributed by atoms with van der Waals surface area (Å²) in [5.41, 5.74) is 6.26. The molecule has 0 fully saturated rings. The van der Waals surface area contributed by atoms with Crippen molar-refractivity contribution in [1.82, 2.24) is 9.97 Å². The maximum absolute atomic E-state index is 5.36. The summed E-state index contributed by atoms with van der Waals surface area (Å²) in [6.07, 6.45) is 2.58. The zero-order chi connectivity index (χ0) is 10.5. The Morgan fingerprint density at radius 3 is 3.00 bits per heavy atom. The Balaban J connectivity index is 2.16. The van der Waals surface area contributed by atoms with Crippen molar-refractivity contribution in [2.45, 2.75) is 6.42 Å². The lowest BCUT2D eigenvalue weighted by Gasteiger charge is -2.03. The van der Waals surface area contributed by atoms with Crippen molar-refractivity contribution in [3.63, 3.8) is 0 Å². The Morgan fingerprint density at radius 2 is 2.13 bits per heavy atom. The minimum absolute atomic E-state index is 0.419. The summed E-state index contributed by atoms with van der Waals surface area (Å²) < 4.78 is 5.35. The molecule has 1 heterocycles. The second kappa shape index (κ2) is 4.70. The maximum atomic E-state index is 5.36. The normalized spacial score (nSPS) is 10.5. The van der Waals surface area contributed by atoms with Gasteiger partial charge in [-0.2, -0.15) is 4.98 Å². The number of ether oxygens (including phenoxy) is 1. The van der Waals surface area contributed by atoms with E-state index in [1.165, 1.54) is 0 Å². The van der Waals surface area contributed by atoms with Gasteiger partial charge in [-0.15, -0.1) is 0 Å². The highest BCUT2D eigenvalue weighted by Crippen LogP contribution is 2.12. The Labute approximate surface area is 88.1 Å². The van der Waals surface area contributed by atoms with Gasteiger partial charge in [0, 0.05) is 11.6 Å². The topological polar surface area (TPSA) is 61.0 Å². The van der Waals surface area contributed by atoms with Gasteiger partial charge in [0.05, 0.1) is 12.1 Å². The number of hydrogen-bond acceptors (Lipinski definition) is 4. The van der Waals surface area contributed by atoms with E-state index in [1.807, 2.05) is 24.3 Å². The van der Waals surface area contributed by atoms with Crippen molar-refractivity contribution in [2.75, 3.05) is 13.2 Å². The van der Waals surface area contributed by atoms with Crippen molar-refractivity contribution in [3.8, 4) is 6.01 Å². The number of para-hydroxylation sites is 1. The SMILES string of the molecule is NCCCOc1ncc2ccccc2n1. The number of benzene rings is 1. The molecule has 0 aliphatic heterocycles. The van der Waals surface area contributed by atoms with E-state index >= 15 is 0 Å². The fourth-order valence-electron chi connectivity index (χ4n) is 1.27. The largest absolute Gasteiger partial charge is 0.463 e. The summed E-state index contributed by atoms with van der Waals surface area (Å²) >= 11 is 0. The Bertz CT molecular complexity index is 445. The van der Waals surface area contributed by atoms with Gasteiger partial charge < -0.3 is 10.5 Å². The number of nitrogens with two attached hydrogens (primary N) is 1. The Hall–Kier alpha value is -1.68. The van der Waals surface area contributed by atoms with Gasteiger partial charge in [0.25, 0.3) is 0 Å². The number of fused-ring (bicyclic) bond motifs is 1. The van der Waals surface area contributed by atoms with Crippen molar-refractivity contribution < 1.29 is 4.74 Å². The molecule has 0 saturated carbocycles. The molecule has 0 bridgehead atoms. The third-order valence-electron chi connectivity index (χ3n) is 2.05. The summed E-state index contributed by atoms with van der Waals surface area (Å²) in [6.45, 7) is 1.18. The molecule has 0 radical (unpaired) electrons.